The molecule has 1 heterocycles. The van der Waals surface area contributed by atoms with Crippen LogP contribution in [-0.4, -0.2) is 29.7 Å². The van der Waals surface area contributed by atoms with Crippen LogP contribution in [-0.2, 0) is 0 Å². The summed E-state index contributed by atoms with van der Waals surface area (Å²) < 4.78 is 25.2. The van der Waals surface area contributed by atoms with Crippen LogP contribution in [0.1, 0.15) is 25.7 Å². The summed E-state index contributed by atoms with van der Waals surface area (Å²) in [4.78, 5) is 0. The Hall–Kier alpha value is -0.220. The normalized spacial score (nSPS) is 35.8. The molecule has 1 saturated heterocycles. The number of piperidine rings is 1. The van der Waals surface area contributed by atoms with E-state index < -0.39 is 17.4 Å². The fourth-order valence-electron chi connectivity index (χ4n) is 2.05. The molecule has 2 N–H and O–H groups in total. The fraction of sp³-hybridized carbons (Fsp3) is 1.00. The lowest BCUT2D eigenvalue weighted by Gasteiger charge is -2.32. The summed E-state index contributed by atoms with van der Waals surface area (Å²) in [6.45, 7) is 1.49. The molecule has 0 aromatic rings. The lowest BCUT2D eigenvalue weighted by Crippen LogP contribution is -2.42. The van der Waals surface area contributed by atoms with Gasteiger partial charge in [-0.1, -0.05) is 0 Å². The minimum Gasteiger partial charge on any atom is -0.390 e. The first kappa shape index (κ1) is 9.34. The van der Waals surface area contributed by atoms with Gasteiger partial charge < -0.3 is 10.4 Å². The van der Waals surface area contributed by atoms with Crippen LogP contribution in [0.15, 0.2) is 0 Å². The van der Waals surface area contributed by atoms with E-state index in [1.165, 1.54) is 0 Å². The van der Waals surface area contributed by atoms with Gasteiger partial charge in [-0.25, -0.2) is 8.78 Å². The minimum atomic E-state index is -2.49. The number of halogens is 2. The van der Waals surface area contributed by atoms with Gasteiger partial charge in [-0.3, -0.25) is 0 Å². The SMILES string of the molecule is OC1(CC2CC2(F)F)CCNCC1. The van der Waals surface area contributed by atoms with E-state index in [0.717, 1.165) is 13.1 Å². The van der Waals surface area contributed by atoms with Crippen molar-refractivity contribution in [3.63, 3.8) is 0 Å². The van der Waals surface area contributed by atoms with E-state index in [0.29, 0.717) is 12.8 Å². The van der Waals surface area contributed by atoms with Crippen LogP contribution in [0.2, 0.25) is 0 Å². The molecule has 0 amide bonds. The first-order chi connectivity index (χ1) is 6.02. The van der Waals surface area contributed by atoms with Crippen LogP contribution < -0.4 is 5.32 Å². The number of hydrogen-bond acceptors (Lipinski definition) is 2. The van der Waals surface area contributed by atoms with E-state index in [9.17, 15) is 13.9 Å². The first-order valence-electron chi connectivity index (χ1n) is 4.83. The Morgan fingerprint density at radius 2 is 1.85 bits per heavy atom. The highest BCUT2D eigenvalue weighted by Crippen LogP contribution is 2.53. The summed E-state index contributed by atoms with van der Waals surface area (Å²) in [5.74, 6) is -3.05. The Kier molecular flexibility index (Phi) is 2.07. The maximum atomic E-state index is 12.6. The molecule has 76 valence electrons. The predicted molar refractivity (Wildman–Crippen MR) is 44.7 cm³/mol. The van der Waals surface area contributed by atoms with Crippen molar-refractivity contribution >= 4 is 0 Å². The zero-order valence-electron chi connectivity index (χ0n) is 7.52. The van der Waals surface area contributed by atoms with Gasteiger partial charge in [0, 0.05) is 12.3 Å². The molecular formula is C9H15F2NO. The van der Waals surface area contributed by atoms with Crippen molar-refractivity contribution in [1.82, 2.24) is 5.32 Å². The molecule has 2 fully saturated rings. The molecule has 1 unspecified atom stereocenters. The van der Waals surface area contributed by atoms with Crippen molar-refractivity contribution < 1.29 is 13.9 Å². The monoisotopic (exact) mass is 191 g/mol. The van der Waals surface area contributed by atoms with Gasteiger partial charge in [0.15, 0.2) is 0 Å². The van der Waals surface area contributed by atoms with Gasteiger partial charge in [0.05, 0.1) is 5.60 Å². The fourth-order valence-corrected chi connectivity index (χ4v) is 2.05. The Bertz CT molecular complexity index is 202. The van der Waals surface area contributed by atoms with Crippen LogP contribution >= 0.6 is 0 Å². The Morgan fingerprint density at radius 1 is 1.31 bits per heavy atom. The van der Waals surface area contributed by atoms with Gasteiger partial charge in [0.1, 0.15) is 0 Å². The molecule has 13 heavy (non-hydrogen) atoms. The van der Waals surface area contributed by atoms with Crippen molar-refractivity contribution in [1.29, 1.82) is 0 Å². The van der Waals surface area contributed by atoms with Crippen molar-refractivity contribution in [3.8, 4) is 0 Å². The minimum absolute atomic E-state index is 0.0251. The summed E-state index contributed by atoms with van der Waals surface area (Å²) >= 11 is 0. The second-order valence-corrected chi connectivity index (χ2v) is 4.34. The largest absolute Gasteiger partial charge is 0.390 e. The molecule has 1 aliphatic heterocycles. The van der Waals surface area contributed by atoms with E-state index >= 15 is 0 Å². The molecule has 1 saturated carbocycles. The molecular weight excluding hydrogens is 176 g/mol. The van der Waals surface area contributed by atoms with E-state index in [1.807, 2.05) is 0 Å². The van der Waals surface area contributed by atoms with Crippen molar-refractivity contribution in [3.05, 3.63) is 0 Å². The number of alkyl halides is 2. The zero-order valence-corrected chi connectivity index (χ0v) is 7.52. The Labute approximate surface area is 76.3 Å². The van der Waals surface area contributed by atoms with Crippen molar-refractivity contribution in [2.24, 2.45) is 5.92 Å². The first-order valence-corrected chi connectivity index (χ1v) is 4.83. The van der Waals surface area contributed by atoms with Gasteiger partial charge in [-0.15, -0.1) is 0 Å². The van der Waals surface area contributed by atoms with Gasteiger partial charge in [0.25, 0.3) is 5.92 Å². The maximum Gasteiger partial charge on any atom is 0.251 e. The van der Waals surface area contributed by atoms with Crippen molar-refractivity contribution in [2.45, 2.75) is 37.2 Å². The molecule has 0 aromatic heterocycles. The molecule has 0 bridgehead atoms. The molecule has 1 atom stereocenters. The lowest BCUT2D eigenvalue weighted by atomic mass is 9.87. The molecule has 0 radical (unpaired) electrons. The number of hydrogen-bond donors (Lipinski definition) is 2. The molecule has 4 heteroatoms. The standard InChI is InChI=1S/C9H15F2NO/c10-9(11)6-7(9)5-8(13)1-3-12-4-2-8/h7,12-13H,1-6H2. The van der Waals surface area contributed by atoms with Crippen molar-refractivity contribution in [2.75, 3.05) is 13.1 Å². The Morgan fingerprint density at radius 3 is 2.31 bits per heavy atom. The smallest absolute Gasteiger partial charge is 0.251 e. The molecule has 0 spiro atoms. The van der Waals surface area contributed by atoms with E-state index in [1.54, 1.807) is 0 Å². The average molecular weight is 191 g/mol. The number of nitrogens with one attached hydrogen (secondary N) is 1. The third-order valence-corrected chi connectivity index (χ3v) is 3.12. The highest BCUT2D eigenvalue weighted by molar-refractivity contribution is 5.00. The van der Waals surface area contributed by atoms with Crippen LogP contribution in [0, 0.1) is 5.92 Å². The molecule has 2 rings (SSSR count). The highest BCUT2D eigenvalue weighted by atomic mass is 19.3. The number of aliphatic hydroxyl groups is 1. The quantitative estimate of drug-likeness (QED) is 0.686. The summed E-state index contributed by atoms with van der Waals surface area (Å²) in [6.07, 6.45) is 1.48. The van der Waals surface area contributed by atoms with Crippen LogP contribution in [0.4, 0.5) is 8.78 Å². The predicted octanol–water partition coefficient (Wildman–Crippen LogP) is 1.15. The third kappa shape index (κ3) is 1.99. The molecule has 0 aromatic carbocycles. The van der Waals surface area contributed by atoms with Gasteiger partial charge in [0.2, 0.25) is 0 Å². The maximum absolute atomic E-state index is 12.6. The summed E-state index contributed by atoms with van der Waals surface area (Å²) in [6, 6.07) is 0. The number of rotatable bonds is 2. The third-order valence-electron chi connectivity index (χ3n) is 3.12. The van der Waals surface area contributed by atoms with Crippen LogP contribution in [0.5, 0.6) is 0 Å². The van der Waals surface area contributed by atoms with E-state index in [4.69, 9.17) is 0 Å². The molecule has 2 nitrogen and oxygen atoms in total. The van der Waals surface area contributed by atoms with Crippen LogP contribution in [0.3, 0.4) is 0 Å². The van der Waals surface area contributed by atoms with Gasteiger partial charge >= 0.3 is 0 Å². The lowest BCUT2D eigenvalue weighted by molar-refractivity contribution is -0.0164. The summed E-state index contributed by atoms with van der Waals surface area (Å²) in [7, 11) is 0. The highest BCUT2D eigenvalue weighted by Gasteiger charge is 2.58. The summed E-state index contributed by atoms with van der Waals surface area (Å²) in [5, 5.41) is 13.0. The molecule has 1 aliphatic carbocycles. The van der Waals surface area contributed by atoms with Crippen LogP contribution in [0.25, 0.3) is 0 Å². The molecule has 2 aliphatic rings. The average Bonchev–Trinajstić information content (AvgIpc) is 2.58. The Balaban J connectivity index is 1.86. The van der Waals surface area contributed by atoms with E-state index in [2.05, 4.69) is 5.32 Å². The summed E-state index contributed by atoms with van der Waals surface area (Å²) in [5.41, 5.74) is -0.824. The second kappa shape index (κ2) is 2.89. The van der Waals surface area contributed by atoms with Gasteiger partial charge in [-0.05, 0) is 32.4 Å². The van der Waals surface area contributed by atoms with E-state index in [-0.39, 0.29) is 12.8 Å². The zero-order chi connectivity index (χ0) is 9.53. The topological polar surface area (TPSA) is 32.3 Å². The second-order valence-electron chi connectivity index (χ2n) is 4.34. The van der Waals surface area contributed by atoms with Gasteiger partial charge in [-0.2, -0.15) is 0 Å².